The van der Waals surface area contributed by atoms with E-state index in [-0.39, 0.29) is 0 Å². The van der Waals surface area contributed by atoms with E-state index in [0.29, 0.717) is 12.5 Å². The first kappa shape index (κ1) is 14.1. The van der Waals surface area contributed by atoms with Crippen LogP contribution < -0.4 is 5.73 Å². The lowest BCUT2D eigenvalue weighted by Gasteiger charge is -2.15. The largest absolute Gasteiger partial charge is 0.330 e. The third kappa shape index (κ3) is 2.81. The van der Waals surface area contributed by atoms with Gasteiger partial charge in [0.15, 0.2) is 0 Å². The first-order valence-electron chi connectivity index (χ1n) is 7.38. The number of aromatic nitrogens is 2. The lowest BCUT2D eigenvalue weighted by molar-refractivity contribution is 0.544. The fourth-order valence-corrected chi connectivity index (χ4v) is 2.73. The second-order valence-corrected chi connectivity index (χ2v) is 5.34. The van der Waals surface area contributed by atoms with E-state index in [4.69, 9.17) is 10.7 Å². The smallest absolute Gasteiger partial charge is 0.114 e. The lowest BCUT2D eigenvalue weighted by atomic mass is 10.0. The zero-order chi connectivity index (χ0) is 13.8. The Balaban J connectivity index is 2.54. The Hall–Kier alpha value is -1.35. The standard InChI is InChI=1S/C16H25N3/c1-4-6-13(11-17)16-18-14-10-12(3)7-8-15(14)19(16)9-5-2/h7-8,10,13H,4-6,9,11,17H2,1-3H3. The fraction of sp³-hybridized carbons (Fsp3) is 0.562. The summed E-state index contributed by atoms with van der Waals surface area (Å²) in [7, 11) is 0. The van der Waals surface area contributed by atoms with Crippen molar-refractivity contribution in [1.82, 2.24) is 9.55 Å². The molecule has 0 saturated carbocycles. The molecule has 3 nitrogen and oxygen atoms in total. The molecular weight excluding hydrogens is 234 g/mol. The van der Waals surface area contributed by atoms with Crippen LogP contribution in [0.25, 0.3) is 11.0 Å². The summed E-state index contributed by atoms with van der Waals surface area (Å²) in [6.45, 7) is 8.24. The average Bonchev–Trinajstić information content (AvgIpc) is 2.74. The summed E-state index contributed by atoms with van der Waals surface area (Å²) in [6.07, 6.45) is 3.38. The Morgan fingerprint density at radius 2 is 2.05 bits per heavy atom. The maximum atomic E-state index is 5.95. The summed E-state index contributed by atoms with van der Waals surface area (Å²) >= 11 is 0. The van der Waals surface area contributed by atoms with Crippen LogP contribution >= 0.6 is 0 Å². The molecule has 2 aromatic rings. The van der Waals surface area contributed by atoms with Gasteiger partial charge in [0.2, 0.25) is 0 Å². The van der Waals surface area contributed by atoms with E-state index < -0.39 is 0 Å². The second kappa shape index (κ2) is 6.20. The zero-order valence-corrected chi connectivity index (χ0v) is 12.3. The quantitative estimate of drug-likeness (QED) is 0.861. The number of benzene rings is 1. The Kier molecular flexibility index (Phi) is 4.59. The summed E-state index contributed by atoms with van der Waals surface area (Å²) in [5, 5.41) is 0. The molecule has 1 unspecified atom stereocenters. The molecule has 0 aliphatic heterocycles. The van der Waals surface area contributed by atoms with Gasteiger partial charge in [-0.1, -0.05) is 26.3 Å². The van der Waals surface area contributed by atoms with Crippen molar-refractivity contribution in [2.24, 2.45) is 5.73 Å². The van der Waals surface area contributed by atoms with Gasteiger partial charge in [-0.25, -0.2) is 4.98 Å². The number of fused-ring (bicyclic) bond motifs is 1. The third-order valence-corrected chi connectivity index (χ3v) is 3.67. The van der Waals surface area contributed by atoms with Gasteiger partial charge in [0.05, 0.1) is 11.0 Å². The van der Waals surface area contributed by atoms with Gasteiger partial charge in [-0.2, -0.15) is 0 Å². The minimum Gasteiger partial charge on any atom is -0.330 e. The molecule has 0 aliphatic rings. The molecular formula is C16H25N3. The highest BCUT2D eigenvalue weighted by Crippen LogP contribution is 2.25. The number of nitrogens with zero attached hydrogens (tertiary/aromatic N) is 2. The maximum absolute atomic E-state index is 5.95. The molecule has 1 aromatic carbocycles. The van der Waals surface area contributed by atoms with Crippen molar-refractivity contribution >= 4 is 11.0 Å². The Morgan fingerprint density at radius 1 is 1.26 bits per heavy atom. The van der Waals surface area contributed by atoms with Gasteiger partial charge in [-0.05, 0) is 37.5 Å². The average molecular weight is 259 g/mol. The Bertz CT molecular complexity index is 542. The summed E-state index contributed by atoms with van der Waals surface area (Å²) < 4.78 is 2.36. The Morgan fingerprint density at radius 3 is 2.68 bits per heavy atom. The molecule has 2 N–H and O–H groups in total. The van der Waals surface area contributed by atoms with Crippen LogP contribution in [0, 0.1) is 6.92 Å². The predicted octanol–water partition coefficient (Wildman–Crippen LogP) is 3.60. The zero-order valence-electron chi connectivity index (χ0n) is 12.3. The maximum Gasteiger partial charge on any atom is 0.114 e. The molecule has 1 atom stereocenters. The van der Waals surface area contributed by atoms with Crippen molar-refractivity contribution in [2.75, 3.05) is 6.54 Å². The fourth-order valence-electron chi connectivity index (χ4n) is 2.73. The van der Waals surface area contributed by atoms with Crippen LogP contribution in [0.3, 0.4) is 0 Å². The van der Waals surface area contributed by atoms with Gasteiger partial charge in [-0.3, -0.25) is 0 Å². The predicted molar refractivity (Wildman–Crippen MR) is 81.5 cm³/mol. The second-order valence-electron chi connectivity index (χ2n) is 5.34. The van der Waals surface area contributed by atoms with Crippen LogP contribution in [0.5, 0.6) is 0 Å². The number of aryl methyl sites for hydroxylation is 2. The highest BCUT2D eigenvalue weighted by atomic mass is 15.1. The molecule has 2 rings (SSSR count). The third-order valence-electron chi connectivity index (χ3n) is 3.67. The van der Waals surface area contributed by atoms with E-state index in [9.17, 15) is 0 Å². The van der Waals surface area contributed by atoms with Crippen molar-refractivity contribution in [1.29, 1.82) is 0 Å². The monoisotopic (exact) mass is 259 g/mol. The number of imidazole rings is 1. The summed E-state index contributed by atoms with van der Waals surface area (Å²) in [5.74, 6) is 1.55. The van der Waals surface area contributed by atoms with Gasteiger partial charge in [-0.15, -0.1) is 0 Å². The van der Waals surface area contributed by atoms with Crippen LogP contribution in [0.15, 0.2) is 18.2 Å². The molecule has 0 spiro atoms. The van der Waals surface area contributed by atoms with Crippen LogP contribution in [-0.2, 0) is 6.54 Å². The van der Waals surface area contributed by atoms with Crippen molar-refractivity contribution in [3.05, 3.63) is 29.6 Å². The number of nitrogens with two attached hydrogens (primary N) is 1. The van der Waals surface area contributed by atoms with E-state index in [1.165, 1.54) is 16.9 Å². The van der Waals surface area contributed by atoms with Gasteiger partial charge in [0, 0.05) is 19.0 Å². The number of rotatable bonds is 6. The summed E-state index contributed by atoms with van der Waals surface area (Å²) in [5.41, 5.74) is 9.57. The highest BCUT2D eigenvalue weighted by Gasteiger charge is 2.18. The van der Waals surface area contributed by atoms with Gasteiger partial charge >= 0.3 is 0 Å². The molecule has 1 aromatic heterocycles. The van der Waals surface area contributed by atoms with Crippen LogP contribution in [-0.4, -0.2) is 16.1 Å². The Labute approximate surface area is 115 Å². The minimum atomic E-state index is 0.379. The van der Waals surface area contributed by atoms with Gasteiger partial charge in [0.25, 0.3) is 0 Å². The van der Waals surface area contributed by atoms with Gasteiger partial charge < -0.3 is 10.3 Å². The first-order chi connectivity index (χ1) is 9.21. The molecule has 0 amide bonds. The van der Waals surface area contributed by atoms with E-state index in [0.717, 1.165) is 31.3 Å². The molecule has 0 fully saturated rings. The SMILES string of the molecule is CCCC(CN)c1nc2cc(C)ccc2n1CCC. The molecule has 0 saturated heterocycles. The molecule has 104 valence electrons. The normalized spacial score (nSPS) is 13.1. The van der Waals surface area contributed by atoms with Crippen LogP contribution in [0.2, 0.25) is 0 Å². The summed E-state index contributed by atoms with van der Waals surface area (Å²) in [6, 6.07) is 6.53. The molecule has 19 heavy (non-hydrogen) atoms. The summed E-state index contributed by atoms with van der Waals surface area (Å²) in [4.78, 5) is 4.86. The van der Waals surface area contributed by atoms with Gasteiger partial charge in [0.1, 0.15) is 5.82 Å². The van der Waals surface area contributed by atoms with Crippen molar-refractivity contribution in [3.63, 3.8) is 0 Å². The topological polar surface area (TPSA) is 43.8 Å². The van der Waals surface area contributed by atoms with Crippen molar-refractivity contribution in [3.8, 4) is 0 Å². The van der Waals surface area contributed by atoms with Crippen molar-refractivity contribution < 1.29 is 0 Å². The van der Waals surface area contributed by atoms with E-state index in [2.05, 4.69) is 43.5 Å². The molecule has 0 aliphatic carbocycles. The molecule has 0 bridgehead atoms. The van der Waals surface area contributed by atoms with E-state index in [1.807, 2.05) is 0 Å². The lowest BCUT2D eigenvalue weighted by Crippen LogP contribution is -2.17. The molecule has 1 heterocycles. The molecule has 3 heteroatoms. The van der Waals surface area contributed by atoms with E-state index >= 15 is 0 Å². The number of hydrogen-bond donors (Lipinski definition) is 1. The van der Waals surface area contributed by atoms with Crippen LogP contribution in [0.4, 0.5) is 0 Å². The highest BCUT2D eigenvalue weighted by molar-refractivity contribution is 5.77. The van der Waals surface area contributed by atoms with E-state index in [1.54, 1.807) is 0 Å². The number of hydrogen-bond acceptors (Lipinski definition) is 2. The first-order valence-corrected chi connectivity index (χ1v) is 7.38. The van der Waals surface area contributed by atoms with Crippen molar-refractivity contribution in [2.45, 2.75) is 52.5 Å². The molecule has 0 radical (unpaired) electrons. The van der Waals surface area contributed by atoms with Crippen LogP contribution in [0.1, 0.15) is 50.4 Å². The minimum absolute atomic E-state index is 0.379.